The fraction of sp³-hybridized carbons (Fsp3) is 0.487. The fourth-order valence-electron chi connectivity index (χ4n) is 16.2. The summed E-state index contributed by atoms with van der Waals surface area (Å²) in [7, 11) is 54.5. The fourth-order valence-corrected chi connectivity index (χ4v) is 19.5. The largest absolute Gasteiger partial charge is 0.494 e. The summed E-state index contributed by atoms with van der Waals surface area (Å²) in [6.07, 6.45) is 14.9. The van der Waals surface area contributed by atoms with Crippen LogP contribution in [0.2, 0.25) is 15.2 Å². The lowest BCUT2D eigenvalue weighted by Gasteiger charge is -2.30. The lowest BCUT2D eigenvalue weighted by Crippen LogP contribution is -2.62. The molecule has 4 amide bonds. The number of methoxy groups -OCH3 is 2. The number of pyridine rings is 2. The summed E-state index contributed by atoms with van der Waals surface area (Å²) >= 11 is 18.1. The summed E-state index contributed by atoms with van der Waals surface area (Å²) < 4.78 is 99.8. The number of benzene rings is 4. The Morgan fingerprint density at radius 2 is 0.992 bits per heavy atom. The minimum absolute atomic E-state index is 0.0220. The van der Waals surface area contributed by atoms with Crippen LogP contribution in [-0.4, -0.2) is 287 Å². The van der Waals surface area contributed by atoms with Crippen molar-refractivity contribution in [3.8, 4) is 17.4 Å². The Hall–Kier alpha value is -6.78. The minimum atomic E-state index is -3.95. The maximum absolute atomic E-state index is 14.6. The van der Waals surface area contributed by atoms with Gasteiger partial charge in [-0.05, 0) is 176 Å². The molecule has 5 N–H and O–H groups in total. The normalized spacial score (nSPS) is 24.6. The number of rotatable bonds is 20. The van der Waals surface area contributed by atoms with Crippen molar-refractivity contribution in [1.29, 1.82) is 0 Å². The molecule has 629 valence electrons. The van der Waals surface area contributed by atoms with Crippen LogP contribution in [0.4, 0.5) is 20.2 Å². The quantitative estimate of drug-likeness (QED) is 0.0347. The first kappa shape index (κ1) is 101. The number of halogens is 5. The molecule has 126 heavy (non-hydrogen) atoms. The number of aliphatic hydroxyl groups is 1. The van der Waals surface area contributed by atoms with E-state index < -0.39 is 139 Å². The van der Waals surface area contributed by atoms with Gasteiger partial charge in [0.15, 0.2) is 11.6 Å². The van der Waals surface area contributed by atoms with Crippen LogP contribution in [0.3, 0.4) is 0 Å². The molecule has 0 bridgehead atoms. The molecule has 22 nitrogen and oxygen atoms in total. The van der Waals surface area contributed by atoms with E-state index >= 15 is 0 Å². The smallest absolute Gasteiger partial charge is 0.245 e. The highest BCUT2D eigenvalue weighted by Crippen LogP contribution is 2.59. The van der Waals surface area contributed by atoms with Gasteiger partial charge in [-0.1, -0.05) is 96.9 Å². The Bertz CT molecular complexity index is 5190. The second-order valence-electron chi connectivity index (χ2n) is 34.3. The first-order valence-corrected chi connectivity index (χ1v) is 46.2. The van der Waals surface area contributed by atoms with E-state index in [1.165, 1.54) is 54.4 Å². The Labute approximate surface area is 771 Å². The van der Waals surface area contributed by atoms with Gasteiger partial charge in [0, 0.05) is 212 Å². The topological polar surface area (TPSA) is 299 Å². The molecule has 48 heteroatoms. The molecule has 4 aromatic carbocycles. The predicted molar refractivity (Wildman–Crippen MR) is 513 cm³/mol. The third-order valence-electron chi connectivity index (χ3n) is 24.8. The number of Topliss-reactive ketones (excluding diaryl/α,β-unsaturated/α-hetero) is 2. The van der Waals surface area contributed by atoms with Gasteiger partial charge in [-0.2, -0.15) is 0 Å². The average molecular weight is 1780 g/mol. The second kappa shape index (κ2) is 44.0. The van der Waals surface area contributed by atoms with Crippen molar-refractivity contribution in [3.05, 3.63) is 148 Å². The number of nitrogens with one attached hydrogen (secondary N) is 4. The first-order valence-electron chi connectivity index (χ1n) is 42.1. The van der Waals surface area contributed by atoms with E-state index in [2.05, 4.69) is 30.0 Å². The third kappa shape index (κ3) is 25.5. The van der Waals surface area contributed by atoms with Crippen LogP contribution in [0.1, 0.15) is 142 Å². The maximum Gasteiger partial charge on any atom is 0.245 e. The molecule has 0 unspecified atom stereocenters. The highest BCUT2D eigenvalue weighted by atomic mass is 35.5. The van der Waals surface area contributed by atoms with Gasteiger partial charge in [0.05, 0.1) is 71.7 Å². The third-order valence-corrected chi connectivity index (χ3v) is 29.8. The van der Waals surface area contributed by atoms with E-state index in [1.54, 1.807) is 81.8 Å². The Kier molecular flexibility index (Phi) is 35.4. The maximum atomic E-state index is 14.6. The van der Waals surface area contributed by atoms with Crippen molar-refractivity contribution in [2.24, 2.45) is 22.7 Å². The zero-order valence-electron chi connectivity index (χ0n) is 70.9. The van der Waals surface area contributed by atoms with Crippen molar-refractivity contribution in [2.75, 3.05) is 37.9 Å². The molecule has 2 aromatic heterocycles. The highest BCUT2D eigenvalue weighted by Gasteiger charge is 2.64. The van der Waals surface area contributed by atoms with Gasteiger partial charge in [0.2, 0.25) is 49.6 Å². The summed E-state index contributed by atoms with van der Waals surface area (Å²) in [5.41, 5.74) is -1.58. The van der Waals surface area contributed by atoms with Gasteiger partial charge in [0.1, 0.15) is 46.5 Å². The van der Waals surface area contributed by atoms with Gasteiger partial charge < -0.3 is 39.8 Å². The number of nitrogens with zero attached hydrogens (tertiary/aromatic N) is 4. The molecule has 4 saturated carbocycles. The van der Waals surface area contributed by atoms with Gasteiger partial charge in [-0.25, -0.2) is 35.6 Å². The molecule has 4 aliphatic carbocycles. The van der Waals surface area contributed by atoms with Gasteiger partial charge in [-0.15, -0.1) is 0 Å². The molecular formula is C78H89B19Cl3F2N8O14S2. The Balaban J connectivity index is 0.000000196. The van der Waals surface area contributed by atoms with E-state index in [4.69, 9.17) is 134 Å². The SMILES string of the molecule is CC1(S(=O)(=O)NC(=O)[C@]23CC(=O)[C@@H]4C[C@@H](O)CN4C(=O)[C@@H](Nc4cccc(F)c4)CCCCC/C=C\[C@@H]2C3)CC1.COc1cnc(Cl)c2cc(Cl)ccc12.COc1cnc(O[C@@H]2C[C@H]3C(=O)C[C@]4(C(=O)NS(=O)(=O)C5(C)CC5)C[C@H]4/C=C\CCCCC[C@H](Nc4cccc(F)c4)C(=O)N3C2)c2cc(Cl)ccc12.[B]B([B])B(B([B])[B])B([B])[B].[B][B]B(B([B])[B])B([B])[B]. The lowest BCUT2D eigenvalue weighted by molar-refractivity contribution is -0.140. The van der Waals surface area contributed by atoms with Crippen LogP contribution in [0.15, 0.2) is 122 Å². The number of ketones is 2. The van der Waals surface area contributed by atoms with Crippen LogP contribution in [-0.2, 0) is 48.8 Å². The molecule has 10 atom stereocenters. The standard InChI is InChI=1S/C39H44ClFN4O7S.C29H38FN3O6S.C10H7Cl2NO.B10.B9/c1-38(15-16-38)53(49,50)44-37(48)39-20-24(39)9-6-4-3-5-7-12-31(43-27-11-8-10-26(41)18-27)36(47)45-23-28(19-32(45)33(46)21-39)52-35-30-17-25(40)13-14-29(30)34(51-2)22-42-35;1-28(12-13-28)40(38,39)32-27(37)29-16-19(29)8-5-3-2-4-6-11-23(31-21-10-7-9-20(30)14-21)26(36)33-18-22(34)15-24(33)25(35)17-29;1-14-9-5-13-10(12)8-4-6(11)2-3-7(8)9;1-7(2)10(8(3)4)9(5)6;1-6-9(7(2)3)8(4)5/h6,8-11,13-14,17-18,22,24,28,31-32,43H,3-5,7,12,15-16,19-21,23H2,1-2H3,(H,44,48);5,7-10,14,19,22-24,31,34H,2-4,6,11-13,15-18H2,1H3,(H,32,37);2-5H,1H3;;/b9-6-;8-5-;;;/t24-,28-,31+,32+,39-;19-,22-,23+,24+,29-;;;/m11.../s1. The predicted octanol–water partition coefficient (Wildman–Crippen LogP) is 5.72. The number of carbonyl (C=O) groups is 6. The first-order chi connectivity index (χ1) is 59.5. The number of allylic oxidation sites excluding steroid dienone is 4. The number of fused-ring (bicyclic) bond motifs is 6. The number of ether oxygens (including phenoxy) is 3. The highest BCUT2D eigenvalue weighted by molar-refractivity contribution is 8.00. The molecule has 23 radical (unpaired) electrons. The summed E-state index contributed by atoms with van der Waals surface area (Å²) in [6.45, 7) is 3.23. The van der Waals surface area contributed by atoms with Crippen molar-refractivity contribution < 1.29 is 73.7 Å². The molecule has 8 aliphatic rings. The zero-order valence-corrected chi connectivity index (χ0v) is 74.8. The van der Waals surface area contributed by atoms with Crippen LogP contribution in [0.25, 0.3) is 21.5 Å². The summed E-state index contributed by atoms with van der Waals surface area (Å²) in [6, 6.07) is 19.0. The Morgan fingerprint density at radius 3 is 1.40 bits per heavy atom. The van der Waals surface area contributed by atoms with Gasteiger partial charge in [0.25, 0.3) is 0 Å². The van der Waals surface area contributed by atoms with E-state index in [1.807, 2.05) is 30.4 Å². The molecule has 6 heterocycles. The molecule has 14 rings (SSSR count). The van der Waals surface area contributed by atoms with E-state index in [0.29, 0.717) is 101 Å². The van der Waals surface area contributed by atoms with Crippen molar-refractivity contribution in [2.45, 2.75) is 188 Å². The van der Waals surface area contributed by atoms with Crippen molar-refractivity contribution >= 4 is 260 Å². The number of carbonyl (C=O) groups excluding carboxylic acids is 6. The molecule has 2 saturated heterocycles. The molecule has 0 spiro atoms. The summed E-state index contributed by atoms with van der Waals surface area (Å²) in [5, 5.41) is 21.4. The van der Waals surface area contributed by atoms with E-state index in [0.717, 1.165) is 61.1 Å². The number of anilines is 2. The minimum Gasteiger partial charge on any atom is -0.494 e. The molecule has 4 aliphatic heterocycles. The van der Waals surface area contributed by atoms with E-state index in [9.17, 15) is 59.5 Å². The van der Waals surface area contributed by atoms with Gasteiger partial charge in [-0.3, -0.25) is 38.2 Å². The van der Waals surface area contributed by atoms with Crippen LogP contribution in [0.5, 0.6) is 17.4 Å². The van der Waals surface area contributed by atoms with E-state index in [-0.39, 0.29) is 86.3 Å². The number of hydrogen-bond donors (Lipinski definition) is 5. The summed E-state index contributed by atoms with van der Waals surface area (Å²) in [5.74, 6) is -2.80. The second-order valence-corrected chi connectivity index (χ2v) is 39.9. The lowest BCUT2D eigenvalue weighted by atomic mass is 8.58. The monoisotopic (exact) mass is 1780 g/mol. The number of amides is 4. The Morgan fingerprint density at radius 1 is 0.563 bits per heavy atom. The number of aromatic nitrogens is 2. The van der Waals surface area contributed by atoms with Crippen LogP contribution >= 0.6 is 34.8 Å². The number of hydrogen-bond acceptors (Lipinski definition) is 18. The molecule has 6 fully saturated rings. The molecular weight excluding hydrogens is 1690 g/mol. The van der Waals surface area contributed by atoms with Crippen molar-refractivity contribution in [1.82, 2.24) is 29.2 Å². The van der Waals surface area contributed by atoms with Gasteiger partial charge >= 0.3 is 0 Å². The number of sulfonamides is 2. The van der Waals surface area contributed by atoms with Crippen LogP contribution < -0.4 is 34.3 Å². The molecule has 6 aromatic rings. The summed E-state index contributed by atoms with van der Waals surface area (Å²) in [4.78, 5) is 95.3. The average Bonchev–Trinajstić information content (AvgIpc) is 1.57. The zero-order chi connectivity index (χ0) is 92.1. The van der Waals surface area contributed by atoms with Crippen LogP contribution in [0, 0.1) is 34.3 Å². The van der Waals surface area contributed by atoms with Crippen molar-refractivity contribution in [3.63, 3.8) is 0 Å². The number of aliphatic hydroxyl groups excluding tert-OH is 1.